The van der Waals surface area contributed by atoms with Crippen molar-refractivity contribution in [3.05, 3.63) is 57.5 Å². The Kier molecular flexibility index (Phi) is 5.16. The molecule has 1 aromatic heterocycles. The minimum Gasteiger partial charge on any atom is -0.493 e. The monoisotopic (exact) mass is 419 g/mol. The summed E-state index contributed by atoms with van der Waals surface area (Å²) in [6, 6.07) is 3.43. The first kappa shape index (κ1) is 20.1. The Morgan fingerprint density at radius 3 is 2.71 bits per heavy atom. The summed E-state index contributed by atoms with van der Waals surface area (Å²) in [7, 11) is 2.93. The highest BCUT2D eigenvalue weighted by molar-refractivity contribution is 6.36. The molecule has 0 fully saturated rings. The second-order valence-corrected chi connectivity index (χ2v) is 6.73. The average molecular weight is 419 g/mol. The van der Waals surface area contributed by atoms with Crippen LogP contribution in [0.5, 0.6) is 11.5 Å². The number of fused-ring (bicyclic) bond motifs is 2. The van der Waals surface area contributed by atoms with Crippen LogP contribution >= 0.6 is 0 Å². The zero-order chi connectivity index (χ0) is 22.1. The third-order valence-corrected chi connectivity index (χ3v) is 4.96. The number of benzene rings is 1. The number of aryl methyl sites for hydroxylation is 1. The number of carbonyl (C=O) groups is 2. The second kappa shape index (κ2) is 7.94. The predicted octanol–water partition coefficient (Wildman–Crippen LogP) is 2.13. The van der Waals surface area contributed by atoms with Crippen molar-refractivity contribution in [3.63, 3.8) is 0 Å². The first-order valence-corrected chi connectivity index (χ1v) is 9.26. The predicted molar refractivity (Wildman–Crippen MR) is 115 cm³/mol. The summed E-state index contributed by atoms with van der Waals surface area (Å²) in [5, 5.41) is 0.624. The minimum atomic E-state index is -0.658. The van der Waals surface area contributed by atoms with E-state index >= 15 is 0 Å². The van der Waals surface area contributed by atoms with Gasteiger partial charge in [-0.1, -0.05) is 0 Å². The van der Waals surface area contributed by atoms with E-state index in [4.69, 9.17) is 13.9 Å². The maximum atomic E-state index is 12.6. The topological polar surface area (TPSA) is 120 Å². The quantitative estimate of drug-likeness (QED) is 0.553. The van der Waals surface area contributed by atoms with Gasteiger partial charge >= 0.3 is 5.63 Å². The minimum absolute atomic E-state index is 0.196. The summed E-state index contributed by atoms with van der Waals surface area (Å²) in [5.74, 6) is -0.285. The van der Waals surface area contributed by atoms with E-state index in [-0.39, 0.29) is 28.9 Å². The highest BCUT2D eigenvalue weighted by atomic mass is 16.5. The van der Waals surface area contributed by atoms with Gasteiger partial charge in [-0.3, -0.25) is 9.59 Å². The largest absolute Gasteiger partial charge is 0.493 e. The van der Waals surface area contributed by atoms with Gasteiger partial charge in [0.15, 0.2) is 11.3 Å². The molecule has 156 valence electrons. The zero-order valence-corrected chi connectivity index (χ0v) is 17.0. The fraction of sp³-hybridized carbons (Fsp3) is 0.182. The zero-order valence-electron chi connectivity index (χ0n) is 17.0. The van der Waals surface area contributed by atoms with Crippen LogP contribution in [-0.4, -0.2) is 43.8 Å². The van der Waals surface area contributed by atoms with E-state index in [1.165, 1.54) is 26.6 Å². The van der Waals surface area contributed by atoms with Crippen LogP contribution in [0.15, 0.2) is 60.1 Å². The van der Waals surface area contributed by atoms with Crippen LogP contribution < -0.4 is 15.1 Å². The molecule has 9 heteroatoms. The third kappa shape index (κ3) is 3.61. The smallest absolute Gasteiger partial charge is 0.340 e. The Morgan fingerprint density at radius 2 is 1.97 bits per heavy atom. The number of carbonyl (C=O) groups excluding carboxylic acids is 2. The first-order chi connectivity index (χ1) is 14.9. The summed E-state index contributed by atoms with van der Waals surface area (Å²) < 4.78 is 16.0. The molecule has 0 N–H and O–H groups in total. The van der Waals surface area contributed by atoms with Crippen LogP contribution in [0.3, 0.4) is 0 Å². The van der Waals surface area contributed by atoms with E-state index in [1.807, 2.05) is 0 Å². The first-order valence-electron chi connectivity index (χ1n) is 9.26. The molecule has 4 rings (SSSR count). The maximum Gasteiger partial charge on any atom is 0.340 e. The third-order valence-electron chi connectivity index (χ3n) is 4.96. The Hall–Kier alpha value is -4.14. The Morgan fingerprint density at radius 1 is 1.16 bits per heavy atom. The molecular formula is C22H17N3O6. The van der Waals surface area contributed by atoms with Gasteiger partial charge in [-0.2, -0.15) is 4.99 Å². The van der Waals surface area contributed by atoms with Crippen LogP contribution in [0.25, 0.3) is 11.0 Å². The number of hydrogen-bond acceptors (Lipinski definition) is 7. The average Bonchev–Trinajstić information content (AvgIpc) is 2.76. The molecule has 0 atom stereocenters. The number of nitrogens with zero attached hydrogens (tertiary/aromatic N) is 3. The van der Waals surface area contributed by atoms with Gasteiger partial charge in [0.25, 0.3) is 11.8 Å². The summed E-state index contributed by atoms with van der Waals surface area (Å²) in [5.41, 5.74) is 1.37. The summed E-state index contributed by atoms with van der Waals surface area (Å²) in [6.45, 7) is 1.73. The SMILES string of the molecule is COc1ccc2c(C)c(CC(=O)N=C3C=CC4=NC=NC(=O)C4=C3)c(=O)oc2c1OC. The lowest BCUT2D eigenvalue weighted by molar-refractivity contribution is -0.117. The summed E-state index contributed by atoms with van der Waals surface area (Å²) >= 11 is 0. The maximum absolute atomic E-state index is 12.6. The van der Waals surface area contributed by atoms with Crippen molar-refractivity contribution in [2.75, 3.05) is 14.2 Å². The van der Waals surface area contributed by atoms with Gasteiger partial charge in [0, 0.05) is 5.39 Å². The van der Waals surface area contributed by atoms with E-state index in [2.05, 4.69) is 15.0 Å². The molecule has 1 aromatic carbocycles. The fourth-order valence-electron chi connectivity index (χ4n) is 3.40. The van der Waals surface area contributed by atoms with E-state index in [0.717, 1.165) is 0 Å². The lowest BCUT2D eigenvalue weighted by Gasteiger charge is -2.12. The highest BCUT2D eigenvalue weighted by Crippen LogP contribution is 2.36. The molecular weight excluding hydrogens is 402 g/mol. The standard InChI is InChI=1S/C22H17N3O6/c1-11-13-5-7-17(29-2)20(30-3)19(13)31-22(28)14(11)9-18(26)25-12-4-6-16-15(8-12)21(27)24-10-23-16/h4-8,10H,9H2,1-3H3. The number of allylic oxidation sites excluding steroid dienone is 3. The highest BCUT2D eigenvalue weighted by Gasteiger charge is 2.22. The Labute approximate surface area is 176 Å². The molecule has 2 aromatic rings. The molecule has 2 heterocycles. The number of amides is 2. The van der Waals surface area contributed by atoms with Gasteiger partial charge in [0.1, 0.15) is 6.34 Å². The van der Waals surface area contributed by atoms with Crippen molar-refractivity contribution in [3.8, 4) is 11.5 Å². The lowest BCUT2D eigenvalue weighted by atomic mass is 10.0. The molecule has 0 bridgehead atoms. The molecule has 9 nitrogen and oxygen atoms in total. The summed E-state index contributed by atoms with van der Waals surface area (Å²) in [4.78, 5) is 48.7. The molecule has 0 radical (unpaired) electrons. The van der Waals surface area contributed by atoms with Crippen molar-refractivity contribution in [1.82, 2.24) is 0 Å². The number of hydrogen-bond donors (Lipinski definition) is 0. The molecule has 0 saturated carbocycles. The van der Waals surface area contributed by atoms with Crippen molar-refractivity contribution in [1.29, 1.82) is 0 Å². The van der Waals surface area contributed by atoms with Gasteiger partial charge in [-0.15, -0.1) is 0 Å². The van der Waals surface area contributed by atoms with Crippen molar-refractivity contribution in [2.24, 2.45) is 15.0 Å². The van der Waals surface area contributed by atoms with E-state index in [0.29, 0.717) is 28.2 Å². The van der Waals surface area contributed by atoms with Crippen LogP contribution in [0, 0.1) is 6.92 Å². The molecule has 1 aliphatic carbocycles. The molecule has 1 aliphatic heterocycles. The van der Waals surface area contributed by atoms with Gasteiger partial charge < -0.3 is 13.9 Å². The molecule has 0 saturated heterocycles. The van der Waals surface area contributed by atoms with Gasteiger partial charge in [-0.25, -0.2) is 14.8 Å². The molecule has 0 spiro atoms. The lowest BCUT2D eigenvalue weighted by Crippen LogP contribution is -2.19. The Bertz CT molecular complexity index is 1340. The summed E-state index contributed by atoms with van der Waals surface area (Å²) in [6.07, 6.45) is 5.52. The van der Waals surface area contributed by atoms with Crippen molar-refractivity contribution >= 4 is 40.5 Å². The van der Waals surface area contributed by atoms with Crippen molar-refractivity contribution in [2.45, 2.75) is 13.3 Å². The van der Waals surface area contributed by atoms with E-state index < -0.39 is 17.4 Å². The van der Waals surface area contributed by atoms with Gasteiger partial charge in [0.05, 0.1) is 43.2 Å². The van der Waals surface area contributed by atoms with Gasteiger partial charge in [-0.05, 0) is 42.8 Å². The molecule has 2 amide bonds. The van der Waals surface area contributed by atoms with Gasteiger partial charge in [0.2, 0.25) is 5.75 Å². The Balaban J connectivity index is 1.68. The number of rotatable bonds is 4. The van der Waals surface area contributed by atoms with Crippen molar-refractivity contribution < 1.29 is 23.5 Å². The molecule has 31 heavy (non-hydrogen) atoms. The number of ether oxygens (including phenoxy) is 2. The molecule has 0 unspecified atom stereocenters. The fourth-order valence-corrected chi connectivity index (χ4v) is 3.40. The number of aliphatic imine (C=N–C) groups is 3. The number of methoxy groups -OCH3 is 2. The van der Waals surface area contributed by atoms with Crippen LogP contribution in [0.2, 0.25) is 0 Å². The normalized spacial score (nSPS) is 16.2. The van der Waals surface area contributed by atoms with Crippen LogP contribution in [0.1, 0.15) is 11.1 Å². The van der Waals surface area contributed by atoms with E-state index in [1.54, 1.807) is 31.2 Å². The van der Waals surface area contributed by atoms with E-state index in [9.17, 15) is 14.4 Å². The van der Waals surface area contributed by atoms with Crippen LogP contribution in [0.4, 0.5) is 0 Å². The van der Waals surface area contributed by atoms with Crippen LogP contribution in [-0.2, 0) is 16.0 Å². The second-order valence-electron chi connectivity index (χ2n) is 6.73. The molecule has 2 aliphatic rings.